The van der Waals surface area contributed by atoms with Crippen molar-refractivity contribution in [2.24, 2.45) is 48.7 Å². The fourth-order valence-electron chi connectivity index (χ4n) is 12.5. The highest BCUT2D eigenvalue weighted by atomic mass is 16.6. The summed E-state index contributed by atoms with van der Waals surface area (Å²) in [5.41, 5.74) is 2.63. The van der Waals surface area contributed by atoms with Gasteiger partial charge in [0.2, 0.25) is 0 Å². The summed E-state index contributed by atoms with van der Waals surface area (Å²) in [5, 5.41) is 0. The first kappa shape index (κ1) is 113. The fourth-order valence-corrected chi connectivity index (χ4v) is 12.5. The van der Waals surface area contributed by atoms with Gasteiger partial charge < -0.3 is 114 Å². The summed E-state index contributed by atoms with van der Waals surface area (Å²) in [6, 6.07) is 0. The molecule has 0 aromatic rings. The largest absolute Gasteiger partial charge is 0.465 e. The van der Waals surface area contributed by atoms with E-state index in [4.69, 9.17) is 114 Å². The van der Waals surface area contributed by atoms with Gasteiger partial charge in [-0.1, -0.05) is 147 Å². The van der Waals surface area contributed by atoms with Gasteiger partial charge >= 0.3 is 5.97 Å². The van der Waals surface area contributed by atoms with Crippen LogP contribution in [0.1, 0.15) is 224 Å². The van der Waals surface area contributed by atoms with E-state index in [9.17, 15) is 4.79 Å². The molecule has 9 heterocycles. The number of unbranched alkanes of at least 4 members (excludes halogenated alkanes) is 13. The van der Waals surface area contributed by atoms with Crippen LogP contribution in [0, 0.1) is 48.7 Å². The van der Waals surface area contributed by atoms with Gasteiger partial charge in [-0.3, -0.25) is 4.79 Å². The molecule has 116 heavy (non-hydrogen) atoms. The molecule has 9 saturated heterocycles. The fraction of sp³-hybridized carbons (Fsp3) is 0.989. The summed E-state index contributed by atoms with van der Waals surface area (Å²) in [6.07, 6.45) is 27.5. The smallest absolute Gasteiger partial charge is 0.305 e. The van der Waals surface area contributed by atoms with Crippen LogP contribution in [0.3, 0.4) is 0 Å². The molecule has 0 aromatic carbocycles. The van der Waals surface area contributed by atoms with Gasteiger partial charge in [-0.15, -0.1) is 0 Å². The molecule has 9 fully saturated rings. The Hall–Kier alpha value is -1.45. The maximum Gasteiger partial charge on any atom is 0.305 e. The van der Waals surface area contributed by atoms with Crippen molar-refractivity contribution < 1.29 is 118 Å². The second kappa shape index (κ2) is 70.8. The van der Waals surface area contributed by atoms with Crippen LogP contribution in [0.15, 0.2) is 0 Å². The Labute approximate surface area is 707 Å². The summed E-state index contributed by atoms with van der Waals surface area (Å²) in [6.45, 7) is 56.5. The van der Waals surface area contributed by atoms with Gasteiger partial charge in [0.25, 0.3) is 0 Å². The molecule has 0 aromatic heterocycles. The molecule has 25 nitrogen and oxygen atoms in total. The first-order valence-corrected chi connectivity index (χ1v) is 44.9. The van der Waals surface area contributed by atoms with Gasteiger partial charge in [0.15, 0.2) is 0 Å². The topological polar surface area (TPSA) is 239 Å². The number of methoxy groups -OCH3 is 7. The molecular weight excluding hydrogens is 1490 g/mol. The lowest BCUT2D eigenvalue weighted by atomic mass is 9.84. The molecule has 0 radical (unpaired) electrons. The van der Waals surface area contributed by atoms with Crippen LogP contribution < -0.4 is 0 Å². The zero-order valence-corrected chi connectivity index (χ0v) is 77.8. The van der Waals surface area contributed by atoms with Crippen molar-refractivity contribution >= 4 is 5.97 Å². The van der Waals surface area contributed by atoms with Crippen molar-refractivity contribution in [1.29, 1.82) is 0 Å². The molecule has 25 heteroatoms. The van der Waals surface area contributed by atoms with Gasteiger partial charge in [0.05, 0.1) is 211 Å². The molecular formula is C91H180O25. The lowest BCUT2D eigenvalue weighted by Crippen LogP contribution is -2.45. The van der Waals surface area contributed by atoms with Crippen LogP contribution in [0.4, 0.5) is 0 Å². The molecule has 0 unspecified atom stereocenters. The Kier molecular flexibility index (Phi) is 68.7. The third-order valence-corrected chi connectivity index (χ3v) is 22.1. The molecule has 0 amide bonds. The molecule has 0 bridgehead atoms. The zero-order chi connectivity index (χ0) is 85.6. The average molecular weight is 1670 g/mol. The van der Waals surface area contributed by atoms with Crippen molar-refractivity contribution in [3.05, 3.63) is 0 Å². The molecule has 9 rings (SSSR count). The number of esters is 1. The highest BCUT2D eigenvalue weighted by molar-refractivity contribution is 5.69. The number of ether oxygens (including phenoxy) is 24. The molecule has 694 valence electrons. The van der Waals surface area contributed by atoms with Gasteiger partial charge in [0, 0.05) is 151 Å². The second-order valence-electron chi connectivity index (χ2n) is 35.7. The lowest BCUT2D eigenvalue weighted by Gasteiger charge is -2.40. The molecule has 9 aliphatic heterocycles. The van der Waals surface area contributed by atoms with Crippen molar-refractivity contribution in [3.63, 3.8) is 0 Å². The Morgan fingerprint density at radius 3 is 0.750 bits per heavy atom. The number of rotatable bonds is 60. The molecule has 0 saturated carbocycles. The lowest BCUT2D eigenvalue weighted by molar-refractivity contribution is -0.165. The van der Waals surface area contributed by atoms with Crippen molar-refractivity contribution in [2.45, 2.75) is 224 Å². The van der Waals surface area contributed by atoms with E-state index in [1.165, 1.54) is 109 Å². The number of hydrogen-bond acceptors (Lipinski definition) is 25. The van der Waals surface area contributed by atoms with Gasteiger partial charge in [0.1, 0.15) is 6.61 Å². The number of carbonyl (C=O) groups excluding carboxylic acids is 1. The quantitative estimate of drug-likeness (QED) is 0.0406. The predicted molar refractivity (Wildman–Crippen MR) is 458 cm³/mol. The highest BCUT2D eigenvalue weighted by Crippen LogP contribution is 2.35. The van der Waals surface area contributed by atoms with Gasteiger partial charge in [-0.2, -0.15) is 0 Å². The number of carbonyl (C=O) groups is 1. The van der Waals surface area contributed by atoms with E-state index < -0.39 is 0 Å². The zero-order valence-electron chi connectivity index (χ0n) is 77.8. The van der Waals surface area contributed by atoms with Crippen LogP contribution in [-0.2, 0) is 118 Å². The third kappa shape index (κ3) is 55.0. The minimum Gasteiger partial charge on any atom is -0.465 e. The van der Waals surface area contributed by atoms with Crippen LogP contribution in [0.2, 0.25) is 0 Å². The summed E-state index contributed by atoms with van der Waals surface area (Å²) in [7, 11) is 11.9. The summed E-state index contributed by atoms with van der Waals surface area (Å²) in [5.74, 6) is -0.143. The Bertz CT molecular complexity index is 2120. The highest BCUT2D eigenvalue weighted by Gasteiger charge is 2.41. The first-order chi connectivity index (χ1) is 56.0. The molecule has 9 aliphatic rings. The van der Waals surface area contributed by atoms with Crippen LogP contribution in [-0.4, -0.2) is 320 Å². The van der Waals surface area contributed by atoms with Crippen LogP contribution in [0.5, 0.6) is 0 Å². The normalized spacial score (nSPS) is 19.8. The minimum absolute atomic E-state index is 0.0525. The molecule has 0 atom stereocenters. The minimum atomic E-state index is -0.143. The predicted octanol–water partition coefficient (Wildman–Crippen LogP) is 15.4. The maximum atomic E-state index is 11.2. The average Bonchev–Trinajstić information content (AvgIpc) is 0.827. The van der Waals surface area contributed by atoms with E-state index in [1.54, 1.807) is 49.8 Å². The van der Waals surface area contributed by atoms with Crippen molar-refractivity contribution in [3.8, 4) is 0 Å². The SMILES string of the molecule is CCC1(COC)COC1.CCC1(COCCCCOC)COC1.CCC1(COCCOCCOC)COC1.CCCCCCCCCOCC1(CC)COC1.CCCCCCOCC1(C)COC1.COCC1(C)COC1.COCCCC(=O)OCC1(C)COC1.COCCCCCCOCC1(C)COC1.COCCOCC1(C)COC1. The van der Waals surface area contributed by atoms with Crippen molar-refractivity contribution in [1.82, 2.24) is 0 Å². The third-order valence-electron chi connectivity index (χ3n) is 22.1. The second-order valence-corrected chi connectivity index (χ2v) is 35.7. The van der Waals surface area contributed by atoms with Crippen molar-refractivity contribution in [2.75, 3.05) is 314 Å². The summed E-state index contributed by atoms with van der Waals surface area (Å²) < 4.78 is 125. The number of hydrogen-bond donors (Lipinski definition) is 0. The van der Waals surface area contributed by atoms with Gasteiger partial charge in [-0.25, -0.2) is 0 Å². The Morgan fingerprint density at radius 1 is 0.224 bits per heavy atom. The van der Waals surface area contributed by atoms with E-state index in [1.807, 2.05) is 0 Å². The maximum absolute atomic E-state index is 11.2. The monoisotopic (exact) mass is 1670 g/mol. The molecule has 0 spiro atoms. The summed E-state index contributed by atoms with van der Waals surface area (Å²) >= 11 is 0. The Balaban J connectivity index is 0.000000657. The molecule has 0 aliphatic carbocycles. The van der Waals surface area contributed by atoms with Crippen LogP contribution >= 0.6 is 0 Å². The van der Waals surface area contributed by atoms with Crippen LogP contribution in [0.25, 0.3) is 0 Å². The van der Waals surface area contributed by atoms with E-state index in [0.717, 1.165) is 230 Å². The molecule has 0 N–H and O–H groups in total. The Morgan fingerprint density at radius 2 is 0.457 bits per heavy atom. The van der Waals surface area contributed by atoms with Gasteiger partial charge in [-0.05, 0) is 70.6 Å². The first-order valence-electron chi connectivity index (χ1n) is 44.9. The van der Waals surface area contributed by atoms with E-state index in [-0.39, 0.29) is 22.2 Å². The summed E-state index contributed by atoms with van der Waals surface area (Å²) in [4.78, 5) is 11.2. The van der Waals surface area contributed by atoms with E-state index >= 15 is 0 Å². The van der Waals surface area contributed by atoms with E-state index in [0.29, 0.717) is 105 Å². The standard InChI is InChI=1S/C15H30O2.C12H24O3.C11H22O4.C11H22O3.C11H22O2.C10H18O4.C8H16O3.C7H14O2.C6H12O2/c1-3-5-6-7-8-9-10-11-16-12-15(4-2)13-17-14-15;1-12(10-15-11-12)9-14-8-6-4-3-5-7-13-2;1-3-11(9-15-10-11)8-14-7-6-13-5-4-12-2;1-3-11(9-14-10-11)8-13-7-5-4-6-12-2;1-3-4-5-6-7-12-8-11(2)9-13-10-11;1-10(6-13-7-10)8-14-9(11)4-3-5-12-2;1-8(6-11-7-8)5-10-4-3-9-2;1-3-7(4-8-2)5-9-6-7;1-6(3-7-2)4-8-5-6/h3-14H2,1-2H3;3-11H2,1-2H3;3-10H2,1-2H3;3-10H2,1-2H3;3-10H2,1-2H3;3-8H2,1-2H3;3-7H2,1-2H3;3-6H2,1-2H3;3-5H2,1-2H3. The van der Waals surface area contributed by atoms with E-state index in [2.05, 4.69) is 76.2 Å².